The van der Waals surface area contributed by atoms with Crippen LogP contribution >= 0.6 is 11.8 Å². The van der Waals surface area contributed by atoms with Gasteiger partial charge in [-0.25, -0.2) is 4.68 Å². The third kappa shape index (κ3) is 5.03. The summed E-state index contributed by atoms with van der Waals surface area (Å²) in [6, 6.07) is 13.4. The second kappa shape index (κ2) is 8.91. The van der Waals surface area contributed by atoms with Crippen LogP contribution in [0.3, 0.4) is 0 Å². The van der Waals surface area contributed by atoms with E-state index in [2.05, 4.69) is 20.9 Å². The van der Waals surface area contributed by atoms with Crippen molar-refractivity contribution in [2.45, 2.75) is 32.2 Å². The van der Waals surface area contributed by atoms with Crippen LogP contribution in [0.2, 0.25) is 0 Å². The molecule has 2 amide bonds. The van der Waals surface area contributed by atoms with Gasteiger partial charge in [-0.1, -0.05) is 29.0 Å². The molecule has 8 heteroatoms. The summed E-state index contributed by atoms with van der Waals surface area (Å²) < 4.78 is 1.42. The zero-order valence-corrected chi connectivity index (χ0v) is 17.6. The predicted octanol–water partition coefficient (Wildman–Crippen LogP) is 3.82. The van der Waals surface area contributed by atoms with Crippen molar-refractivity contribution in [2.75, 3.05) is 16.9 Å². The standard InChI is InChI=1S/C21H23N5O2S/c1-13-8-9-18(14(2)10-13)23-21(28)20-15(3)26(25-24-20)12-19(27)22-16-6-5-7-17(11-16)29-4/h5-11H,12H2,1-4H3,(H,22,27)(H,23,28). The first kappa shape index (κ1) is 20.6. The van der Waals surface area contributed by atoms with E-state index < -0.39 is 0 Å². The Balaban J connectivity index is 1.68. The van der Waals surface area contributed by atoms with Gasteiger partial charge in [-0.05, 0) is 56.9 Å². The van der Waals surface area contributed by atoms with Gasteiger partial charge in [0, 0.05) is 16.3 Å². The molecule has 0 aliphatic rings. The normalized spacial score (nSPS) is 10.6. The lowest BCUT2D eigenvalue weighted by molar-refractivity contribution is -0.117. The molecular weight excluding hydrogens is 386 g/mol. The Labute approximate surface area is 173 Å². The smallest absolute Gasteiger partial charge is 0.278 e. The van der Waals surface area contributed by atoms with Crippen molar-refractivity contribution in [2.24, 2.45) is 0 Å². The number of thioether (sulfide) groups is 1. The molecule has 0 unspecified atom stereocenters. The number of amides is 2. The number of nitrogens with one attached hydrogen (secondary N) is 2. The molecule has 150 valence electrons. The lowest BCUT2D eigenvalue weighted by Gasteiger charge is -2.09. The number of anilines is 2. The Bertz CT molecular complexity index is 1060. The molecule has 0 spiro atoms. The Morgan fingerprint density at radius 3 is 2.59 bits per heavy atom. The van der Waals surface area contributed by atoms with E-state index in [9.17, 15) is 9.59 Å². The van der Waals surface area contributed by atoms with Gasteiger partial charge < -0.3 is 10.6 Å². The zero-order valence-electron chi connectivity index (χ0n) is 16.8. The van der Waals surface area contributed by atoms with E-state index in [-0.39, 0.29) is 24.1 Å². The molecule has 1 heterocycles. The van der Waals surface area contributed by atoms with Crippen molar-refractivity contribution in [3.63, 3.8) is 0 Å². The molecule has 0 atom stereocenters. The van der Waals surface area contributed by atoms with Crippen LogP contribution in [0, 0.1) is 20.8 Å². The van der Waals surface area contributed by atoms with E-state index in [0.717, 1.165) is 21.7 Å². The molecular formula is C21H23N5O2S. The van der Waals surface area contributed by atoms with Crippen LogP contribution in [-0.4, -0.2) is 33.1 Å². The first-order valence-corrected chi connectivity index (χ1v) is 10.3. The highest BCUT2D eigenvalue weighted by molar-refractivity contribution is 7.98. The van der Waals surface area contributed by atoms with Crippen molar-refractivity contribution in [3.05, 3.63) is 65.0 Å². The molecule has 0 saturated carbocycles. The minimum absolute atomic E-state index is 0.0286. The Kier molecular flexibility index (Phi) is 6.33. The summed E-state index contributed by atoms with van der Waals surface area (Å²) in [4.78, 5) is 26.0. The predicted molar refractivity (Wildman–Crippen MR) is 115 cm³/mol. The van der Waals surface area contributed by atoms with E-state index in [4.69, 9.17) is 0 Å². The summed E-state index contributed by atoms with van der Waals surface area (Å²) in [6.45, 7) is 5.62. The van der Waals surface area contributed by atoms with Gasteiger partial charge in [-0.3, -0.25) is 9.59 Å². The van der Waals surface area contributed by atoms with E-state index in [1.54, 1.807) is 18.7 Å². The molecule has 0 aliphatic carbocycles. The van der Waals surface area contributed by atoms with Crippen LogP contribution in [0.1, 0.15) is 27.3 Å². The number of benzene rings is 2. The molecule has 7 nitrogen and oxygen atoms in total. The number of rotatable bonds is 6. The van der Waals surface area contributed by atoms with Gasteiger partial charge >= 0.3 is 0 Å². The van der Waals surface area contributed by atoms with Crippen LogP contribution in [0.15, 0.2) is 47.4 Å². The van der Waals surface area contributed by atoms with Crippen molar-refractivity contribution < 1.29 is 9.59 Å². The molecule has 0 saturated heterocycles. The van der Waals surface area contributed by atoms with Crippen LogP contribution in [0.5, 0.6) is 0 Å². The molecule has 29 heavy (non-hydrogen) atoms. The summed E-state index contributed by atoms with van der Waals surface area (Å²) in [6.07, 6.45) is 1.98. The summed E-state index contributed by atoms with van der Waals surface area (Å²) >= 11 is 1.60. The minimum atomic E-state index is -0.353. The SMILES string of the molecule is CSc1cccc(NC(=O)Cn2nnc(C(=O)Nc3ccc(C)cc3C)c2C)c1. The molecule has 0 fully saturated rings. The van der Waals surface area contributed by atoms with Crippen LogP contribution in [-0.2, 0) is 11.3 Å². The van der Waals surface area contributed by atoms with E-state index in [1.807, 2.05) is 62.6 Å². The van der Waals surface area contributed by atoms with Gasteiger partial charge in [0.25, 0.3) is 5.91 Å². The maximum absolute atomic E-state index is 12.6. The first-order valence-electron chi connectivity index (χ1n) is 9.10. The van der Waals surface area contributed by atoms with E-state index in [1.165, 1.54) is 4.68 Å². The molecule has 1 aromatic heterocycles. The van der Waals surface area contributed by atoms with Crippen LogP contribution < -0.4 is 10.6 Å². The van der Waals surface area contributed by atoms with Crippen molar-refractivity contribution in [3.8, 4) is 0 Å². The molecule has 2 N–H and O–H groups in total. The quantitative estimate of drug-likeness (QED) is 0.604. The maximum Gasteiger partial charge on any atom is 0.278 e. The molecule has 3 aromatic rings. The summed E-state index contributed by atoms with van der Waals surface area (Å²) in [7, 11) is 0. The molecule has 0 radical (unpaired) electrons. The zero-order chi connectivity index (χ0) is 21.0. The number of carbonyl (C=O) groups excluding carboxylic acids is 2. The summed E-state index contributed by atoms with van der Waals surface area (Å²) in [5.41, 5.74) is 4.25. The summed E-state index contributed by atoms with van der Waals surface area (Å²) in [5, 5.41) is 13.6. The molecule has 0 aliphatic heterocycles. The Morgan fingerprint density at radius 1 is 1.07 bits per heavy atom. The minimum Gasteiger partial charge on any atom is -0.324 e. The largest absolute Gasteiger partial charge is 0.324 e. The van der Waals surface area contributed by atoms with Gasteiger partial charge in [0.05, 0.1) is 5.69 Å². The second-order valence-electron chi connectivity index (χ2n) is 6.73. The topological polar surface area (TPSA) is 88.9 Å². The average Bonchev–Trinajstić information content (AvgIpc) is 3.04. The first-order chi connectivity index (χ1) is 13.9. The van der Waals surface area contributed by atoms with Crippen LogP contribution in [0.25, 0.3) is 0 Å². The highest BCUT2D eigenvalue weighted by Crippen LogP contribution is 2.19. The van der Waals surface area contributed by atoms with Crippen molar-refractivity contribution in [1.82, 2.24) is 15.0 Å². The highest BCUT2D eigenvalue weighted by atomic mass is 32.2. The fourth-order valence-electron chi connectivity index (χ4n) is 2.89. The fraction of sp³-hybridized carbons (Fsp3) is 0.238. The Morgan fingerprint density at radius 2 is 1.86 bits per heavy atom. The fourth-order valence-corrected chi connectivity index (χ4v) is 3.35. The number of aromatic nitrogens is 3. The molecule has 2 aromatic carbocycles. The van der Waals surface area contributed by atoms with Gasteiger partial charge in [0.15, 0.2) is 5.69 Å². The third-order valence-electron chi connectivity index (χ3n) is 4.47. The molecule has 0 bridgehead atoms. The Hall–Kier alpha value is -3.13. The number of carbonyl (C=O) groups is 2. The number of hydrogen-bond donors (Lipinski definition) is 2. The monoisotopic (exact) mass is 409 g/mol. The summed E-state index contributed by atoms with van der Waals surface area (Å²) in [5.74, 6) is -0.591. The lowest BCUT2D eigenvalue weighted by atomic mass is 10.1. The van der Waals surface area contributed by atoms with Crippen LogP contribution in [0.4, 0.5) is 11.4 Å². The van der Waals surface area contributed by atoms with Gasteiger partial charge in [0.1, 0.15) is 6.54 Å². The third-order valence-corrected chi connectivity index (χ3v) is 5.20. The van der Waals surface area contributed by atoms with E-state index >= 15 is 0 Å². The second-order valence-corrected chi connectivity index (χ2v) is 7.61. The number of nitrogens with zero attached hydrogens (tertiary/aromatic N) is 3. The van der Waals surface area contributed by atoms with Crippen molar-refractivity contribution >= 4 is 35.0 Å². The number of hydrogen-bond acceptors (Lipinski definition) is 5. The molecule has 3 rings (SSSR count). The highest BCUT2D eigenvalue weighted by Gasteiger charge is 2.18. The van der Waals surface area contributed by atoms with Gasteiger partial charge in [0.2, 0.25) is 5.91 Å². The lowest BCUT2D eigenvalue weighted by Crippen LogP contribution is -2.21. The van der Waals surface area contributed by atoms with Crippen molar-refractivity contribution in [1.29, 1.82) is 0 Å². The maximum atomic E-state index is 12.6. The number of aryl methyl sites for hydroxylation is 2. The van der Waals surface area contributed by atoms with Gasteiger partial charge in [-0.2, -0.15) is 0 Å². The van der Waals surface area contributed by atoms with E-state index in [0.29, 0.717) is 11.4 Å². The average molecular weight is 410 g/mol. The van der Waals surface area contributed by atoms with Gasteiger partial charge in [-0.15, -0.1) is 16.9 Å².